The van der Waals surface area contributed by atoms with Crippen molar-refractivity contribution in [3.63, 3.8) is 0 Å². The van der Waals surface area contributed by atoms with Crippen molar-refractivity contribution in [1.29, 1.82) is 0 Å². The summed E-state index contributed by atoms with van der Waals surface area (Å²) in [4.78, 5) is 11.4. The van der Waals surface area contributed by atoms with E-state index in [9.17, 15) is 4.79 Å². The topological polar surface area (TPSA) is 17.1 Å². The lowest BCUT2D eigenvalue weighted by molar-refractivity contribution is -0.123. The molecule has 0 radical (unpaired) electrons. The molecule has 1 fully saturated rings. The van der Waals surface area contributed by atoms with Crippen molar-refractivity contribution in [3.05, 3.63) is 0 Å². The van der Waals surface area contributed by atoms with Crippen LogP contribution in [0, 0.1) is 23.7 Å². The van der Waals surface area contributed by atoms with Crippen LogP contribution in [0.1, 0.15) is 40.5 Å². The first-order valence-electron chi connectivity index (χ1n) is 5.04. The molecule has 3 unspecified atom stereocenters. The molecule has 0 aromatic heterocycles. The summed E-state index contributed by atoms with van der Waals surface area (Å²) in [6.45, 7) is 8.44. The number of rotatable bonds is 2. The van der Waals surface area contributed by atoms with Crippen molar-refractivity contribution in [1.82, 2.24) is 0 Å². The third-order valence-corrected chi connectivity index (χ3v) is 3.36. The normalized spacial score (nSPS) is 35.9. The summed E-state index contributed by atoms with van der Waals surface area (Å²) in [5, 5.41) is 0. The molecular formula is C11H20O. The van der Waals surface area contributed by atoms with Gasteiger partial charge in [0.15, 0.2) is 0 Å². The molecule has 0 saturated heterocycles. The zero-order valence-corrected chi connectivity index (χ0v) is 8.63. The predicted molar refractivity (Wildman–Crippen MR) is 50.9 cm³/mol. The minimum atomic E-state index is 0.352. The van der Waals surface area contributed by atoms with Gasteiger partial charge in [0.25, 0.3) is 0 Å². The van der Waals surface area contributed by atoms with Gasteiger partial charge in [0.05, 0.1) is 0 Å². The third-order valence-electron chi connectivity index (χ3n) is 3.36. The molecule has 0 bridgehead atoms. The van der Waals surface area contributed by atoms with E-state index in [1.807, 2.05) is 0 Å². The fraction of sp³-hybridized carbons (Fsp3) is 0.909. The highest BCUT2D eigenvalue weighted by Gasteiger charge is 2.37. The van der Waals surface area contributed by atoms with E-state index in [1.165, 1.54) is 12.8 Å². The molecule has 0 aromatic rings. The van der Waals surface area contributed by atoms with E-state index in [2.05, 4.69) is 20.8 Å². The largest absolute Gasteiger partial charge is 0.300 e. The second-order valence-electron chi connectivity index (χ2n) is 4.60. The Morgan fingerprint density at radius 1 is 1.33 bits per heavy atom. The van der Waals surface area contributed by atoms with E-state index in [0.717, 1.165) is 0 Å². The first-order chi connectivity index (χ1) is 5.54. The Morgan fingerprint density at radius 2 is 1.92 bits per heavy atom. The van der Waals surface area contributed by atoms with Gasteiger partial charge in [-0.1, -0.05) is 20.8 Å². The van der Waals surface area contributed by atoms with Crippen LogP contribution >= 0.6 is 0 Å². The van der Waals surface area contributed by atoms with Crippen molar-refractivity contribution < 1.29 is 4.79 Å². The van der Waals surface area contributed by atoms with E-state index in [-0.39, 0.29) is 0 Å². The summed E-state index contributed by atoms with van der Waals surface area (Å²) in [6.07, 6.45) is 2.50. The summed E-state index contributed by atoms with van der Waals surface area (Å²) in [7, 11) is 0. The number of hydrogen-bond acceptors (Lipinski definition) is 1. The van der Waals surface area contributed by atoms with Gasteiger partial charge in [-0.3, -0.25) is 4.79 Å². The maximum Gasteiger partial charge on any atom is 0.133 e. The molecule has 1 saturated carbocycles. The summed E-state index contributed by atoms with van der Waals surface area (Å²) in [5.41, 5.74) is 0. The SMILES string of the molecule is CC(=O)C1C(C)CCC1C(C)C. The standard InChI is InChI=1S/C11H20O/c1-7(2)10-6-5-8(3)11(10)9(4)12/h7-8,10-11H,5-6H2,1-4H3. The maximum absolute atomic E-state index is 11.4. The van der Waals surface area contributed by atoms with Gasteiger partial charge in [-0.25, -0.2) is 0 Å². The van der Waals surface area contributed by atoms with Crippen LogP contribution in [0.2, 0.25) is 0 Å². The first kappa shape index (κ1) is 9.76. The summed E-state index contributed by atoms with van der Waals surface area (Å²) in [6, 6.07) is 0. The van der Waals surface area contributed by atoms with Gasteiger partial charge < -0.3 is 0 Å². The van der Waals surface area contributed by atoms with Crippen molar-refractivity contribution in [2.45, 2.75) is 40.5 Å². The molecule has 12 heavy (non-hydrogen) atoms. The average Bonchev–Trinajstić information content (AvgIpc) is 2.30. The Balaban J connectivity index is 2.70. The second-order valence-corrected chi connectivity index (χ2v) is 4.60. The lowest BCUT2D eigenvalue weighted by Crippen LogP contribution is -2.24. The lowest BCUT2D eigenvalue weighted by Gasteiger charge is -2.23. The Bertz CT molecular complexity index is 172. The van der Waals surface area contributed by atoms with Crippen LogP contribution in [0.3, 0.4) is 0 Å². The van der Waals surface area contributed by atoms with E-state index in [0.29, 0.717) is 29.5 Å². The van der Waals surface area contributed by atoms with Crippen LogP contribution in [0.25, 0.3) is 0 Å². The van der Waals surface area contributed by atoms with Crippen LogP contribution in [-0.2, 0) is 4.79 Å². The van der Waals surface area contributed by atoms with Gasteiger partial charge in [0, 0.05) is 5.92 Å². The van der Waals surface area contributed by atoms with Crippen LogP contribution in [0.15, 0.2) is 0 Å². The van der Waals surface area contributed by atoms with Gasteiger partial charge in [-0.15, -0.1) is 0 Å². The molecule has 0 spiro atoms. The molecule has 0 heterocycles. The number of carbonyl (C=O) groups is 1. The van der Waals surface area contributed by atoms with Gasteiger partial charge in [-0.2, -0.15) is 0 Å². The fourth-order valence-corrected chi connectivity index (χ4v) is 2.69. The highest BCUT2D eigenvalue weighted by Crippen LogP contribution is 2.41. The van der Waals surface area contributed by atoms with Crippen molar-refractivity contribution in [3.8, 4) is 0 Å². The Labute approximate surface area is 75.5 Å². The lowest BCUT2D eigenvalue weighted by atomic mass is 9.81. The van der Waals surface area contributed by atoms with Gasteiger partial charge in [0.2, 0.25) is 0 Å². The van der Waals surface area contributed by atoms with E-state index in [1.54, 1.807) is 6.92 Å². The minimum absolute atomic E-state index is 0.352. The second kappa shape index (κ2) is 3.59. The maximum atomic E-state index is 11.4. The zero-order chi connectivity index (χ0) is 9.30. The predicted octanol–water partition coefficient (Wildman–Crippen LogP) is 2.89. The highest BCUT2D eigenvalue weighted by molar-refractivity contribution is 5.79. The average molecular weight is 168 g/mol. The van der Waals surface area contributed by atoms with Crippen LogP contribution in [-0.4, -0.2) is 5.78 Å². The Hall–Kier alpha value is -0.330. The molecule has 1 rings (SSSR count). The van der Waals surface area contributed by atoms with Gasteiger partial charge >= 0.3 is 0 Å². The zero-order valence-electron chi connectivity index (χ0n) is 8.63. The molecule has 1 aliphatic carbocycles. The number of ketones is 1. The number of carbonyl (C=O) groups excluding carboxylic acids is 1. The number of hydrogen-bond donors (Lipinski definition) is 0. The molecule has 0 N–H and O–H groups in total. The molecular weight excluding hydrogens is 148 g/mol. The van der Waals surface area contributed by atoms with Gasteiger partial charge in [0.1, 0.15) is 5.78 Å². The molecule has 3 atom stereocenters. The van der Waals surface area contributed by atoms with Crippen molar-refractivity contribution in [2.24, 2.45) is 23.7 Å². The van der Waals surface area contributed by atoms with Crippen LogP contribution in [0.4, 0.5) is 0 Å². The molecule has 1 aliphatic rings. The monoisotopic (exact) mass is 168 g/mol. The van der Waals surface area contributed by atoms with E-state index < -0.39 is 0 Å². The van der Waals surface area contributed by atoms with Crippen molar-refractivity contribution >= 4 is 5.78 Å². The smallest absolute Gasteiger partial charge is 0.133 e. The number of Topliss-reactive ketones (excluding diaryl/α,β-unsaturated/α-hetero) is 1. The molecule has 1 heteroatoms. The molecule has 0 aliphatic heterocycles. The molecule has 70 valence electrons. The van der Waals surface area contributed by atoms with E-state index >= 15 is 0 Å². The van der Waals surface area contributed by atoms with Crippen LogP contribution < -0.4 is 0 Å². The van der Waals surface area contributed by atoms with Crippen LogP contribution in [0.5, 0.6) is 0 Å². The molecule has 0 amide bonds. The molecule has 1 nitrogen and oxygen atoms in total. The first-order valence-corrected chi connectivity index (χ1v) is 5.04. The summed E-state index contributed by atoms with van der Waals surface area (Å²) in [5.74, 6) is 2.69. The van der Waals surface area contributed by atoms with Gasteiger partial charge in [-0.05, 0) is 37.5 Å². The highest BCUT2D eigenvalue weighted by atomic mass is 16.1. The fourth-order valence-electron chi connectivity index (χ4n) is 2.69. The minimum Gasteiger partial charge on any atom is -0.300 e. The summed E-state index contributed by atoms with van der Waals surface area (Å²) >= 11 is 0. The Kier molecular flexibility index (Phi) is 2.92. The van der Waals surface area contributed by atoms with E-state index in [4.69, 9.17) is 0 Å². The molecule has 0 aromatic carbocycles. The third kappa shape index (κ3) is 1.70. The van der Waals surface area contributed by atoms with Crippen molar-refractivity contribution in [2.75, 3.05) is 0 Å². The summed E-state index contributed by atoms with van der Waals surface area (Å²) < 4.78 is 0. The Morgan fingerprint density at radius 3 is 2.25 bits per heavy atom. The quantitative estimate of drug-likeness (QED) is 0.619.